The van der Waals surface area contributed by atoms with Gasteiger partial charge in [0.2, 0.25) is 0 Å². The lowest BCUT2D eigenvalue weighted by Gasteiger charge is -2.27. The molecule has 1 aromatic carbocycles. The lowest BCUT2D eigenvalue weighted by atomic mass is 10.2. The number of carbonyl (C=O) groups is 1. The van der Waals surface area contributed by atoms with E-state index in [4.69, 9.17) is 4.74 Å². The first kappa shape index (κ1) is 17.7. The van der Waals surface area contributed by atoms with Gasteiger partial charge in [-0.25, -0.2) is 9.78 Å². The molecule has 0 spiro atoms. The van der Waals surface area contributed by atoms with E-state index >= 15 is 0 Å². The summed E-state index contributed by atoms with van der Waals surface area (Å²) in [6, 6.07) is 5.94. The van der Waals surface area contributed by atoms with E-state index in [1.807, 2.05) is 37.2 Å². The summed E-state index contributed by atoms with van der Waals surface area (Å²) >= 11 is 0. The first-order valence-electron chi connectivity index (χ1n) is 8.83. The van der Waals surface area contributed by atoms with Gasteiger partial charge in [0, 0.05) is 32.8 Å². The first-order chi connectivity index (χ1) is 12.1. The van der Waals surface area contributed by atoms with Crippen LogP contribution >= 0.6 is 0 Å². The van der Waals surface area contributed by atoms with Gasteiger partial charge in [0.25, 0.3) is 0 Å². The van der Waals surface area contributed by atoms with Gasteiger partial charge in [-0.2, -0.15) is 0 Å². The quantitative estimate of drug-likeness (QED) is 0.803. The lowest BCUT2D eigenvalue weighted by Crippen LogP contribution is -2.46. The number of imidazole rings is 1. The third kappa shape index (κ3) is 4.93. The van der Waals surface area contributed by atoms with E-state index in [1.54, 1.807) is 6.33 Å². The maximum Gasteiger partial charge on any atom is 0.317 e. The Morgan fingerprint density at radius 3 is 3.04 bits per heavy atom. The van der Waals surface area contributed by atoms with Crippen molar-refractivity contribution in [3.05, 3.63) is 30.1 Å². The SMILES string of the molecule is CN(C)CCN(CC1CCCO1)C(=O)NCc1ccc2nc[nH]c2c1. The molecule has 1 fully saturated rings. The number of hydrogen-bond acceptors (Lipinski definition) is 4. The third-order valence-corrected chi connectivity index (χ3v) is 4.48. The highest BCUT2D eigenvalue weighted by molar-refractivity contribution is 5.76. The summed E-state index contributed by atoms with van der Waals surface area (Å²) in [6.07, 6.45) is 3.95. The number of ether oxygens (including phenoxy) is 1. The molecule has 25 heavy (non-hydrogen) atoms. The van der Waals surface area contributed by atoms with Crippen molar-refractivity contribution >= 4 is 17.1 Å². The van der Waals surface area contributed by atoms with Crippen LogP contribution in [0, 0.1) is 0 Å². The molecule has 7 nitrogen and oxygen atoms in total. The highest BCUT2D eigenvalue weighted by Gasteiger charge is 2.22. The van der Waals surface area contributed by atoms with Crippen LogP contribution < -0.4 is 5.32 Å². The Morgan fingerprint density at radius 1 is 1.40 bits per heavy atom. The fourth-order valence-electron chi connectivity index (χ4n) is 3.01. The number of nitrogens with one attached hydrogen (secondary N) is 2. The molecule has 7 heteroatoms. The number of urea groups is 1. The Hall–Kier alpha value is -2.12. The fraction of sp³-hybridized carbons (Fsp3) is 0.556. The van der Waals surface area contributed by atoms with Crippen molar-refractivity contribution in [2.45, 2.75) is 25.5 Å². The molecule has 0 saturated carbocycles. The monoisotopic (exact) mass is 345 g/mol. The first-order valence-corrected chi connectivity index (χ1v) is 8.83. The molecule has 2 heterocycles. The summed E-state index contributed by atoms with van der Waals surface area (Å²) in [5.41, 5.74) is 2.96. The fourth-order valence-corrected chi connectivity index (χ4v) is 3.01. The maximum atomic E-state index is 12.7. The van der Waals surface area contributed by atoms with Crippen molar-refractivity contribution in [2.75, 3.05) is 40.3 Å². The van der Waals surface area contributed by atoms with E-state index in [-0.39, 0.29) is 12.1 Å². The number of hydrogen-bond donors (Lipinski definition) is 2. The number of rotatable bonds is 7. The minimum Gasteiger partial charge on any atom is -0.376 e. The number of carbonyl (C=O) groups excluding carboxylic acids is 1. The summed E-state index contributed by atoms with van der Waals surface area (Å²) in [5, 5.41) is 3.03. The predicted molar refractivity (Wildman–Crippen MR) is 97.4 cm³/mol. The van der Waals surface area contributed by atoms with Crippen molar-refractivity contribution in [1.29, 1.82) is 0 Å². The van der Waals surface area contributed by atoms with Gasteiger partial charge in [-0.3, -0.25) is 0 Å². The number of amides is 2. The molecule has 1 aliphatic heterocycles. The Labute approximate surface area is 148 Å². The van der Waals surface area contributed by atoms with Gasteiger partial charge in [-0.05, 0) is 44.6 Å². The van der Waals surface area contributed by atoms with E-state index in [1.165, 1.54) is 0 Å². The largest absolute Gasteiger partial charge is 0.376 e. The maximum absolute atomic E-state index is 12.7. The van der Waals surface area contributed by atoms with Crippen molar-refractivity contribution < 1.29 is 9.53 Å². The van der Waals surface area contributed by atoms with Crippen LogP contribution in [0.4, 0.5) is 4.79 Å². The molecule has 0 aliphatic carbocycles. The lowest BCUT2D eigenvalue weighted by molar-refractivity contribution is 0.0795. The normalized spacial score (nSPS) is 17.3. The van der Waals surface area contributed by atoms with Gasteiger partial charge < -0.3 is 24.8 Å². The highest BCUT2D eigenvalue weighted by Crippen LogP contribution is 2.14. The second-order valence-electron chi connectivity index (χ2n) is 6.80. The Bertz CT molecular complexity index is 694. The van der Waals surface area contributed by atoms with Crippen LogP contribution in [-0.4, -0.2) is 72.2 Å². The standard InChI is InChI=1S/C18H27N5O2/c1-22(2)7-8-23(12-15-4-3-9-25-15)18(24)19-11-14-5-6-16-17(10-14)21-13-20-16/h5-6,10,13,15H,3-4,7-9,11-12H2,1-2H3,(H,19,24)(H,20,21). The van der Waals surface area contributed by atoms with Gasteiger partial charge in [0.05, 0.1) is 23.5 Å². The molecule has 0 bridgehead atoms. The Kier molecular flexibility index (Phi) is 5.88. The topological polar surface area (TPSA) is 73.5 Å². The van der Waals surface area contributed by atoms with E-state index in [9.17, 15) is 4.79 Å². The third-order valence-electron chi connectivity index (χ3n) is 4.48. The molecule has 2 amide bonds. The van der Waals surface area contributed by atoms with Crippen LogP contribution in [0.5, 0.6) is 0 Å². The van der Waals surface area contributed by atoms with Crippen LogP contribution in [0.1, 0.15) is 18.4 Å². The van der Waals surface area contributed by atoms with E-state index in [0.717, 1.165) is 42.6 Å². The molecule has 2 aromatic rings. The van der Waals surface area contributed by atoms with Gasteiger partial charge in [-0.15, -0.1) is 0 Å². The van der Waals surface area contributed by atoms with Gasteiger partial charge >= 0.3 is 6.03 Å². The minimum absolute atomic E-state index is 0.0398. The second-order valence-corrected chi connectivity index (χ2v) is 6.80. The number of H-pyrrole nitrogens is 1. The molecule has 1 aromatic heterocycles. The van der Waals surface area contributed by atoms with Crippen LogP contribution in [0.25, 0.3) is 11.0 Å². The van der Waals surface area contributed by atoms with Crippen LogP contribution in [0.15, 0.2) is 24.5 Å². The average molecular weight is 345 g/mol. The molecule has 0 radical (unpaired) electrons. The van der Waals surface area contributed by atoms with Crippen molar-refractivity contribution in [1.82, 2.24) is 25.1 Å². The van der Waals surface area contributed by atoms with Crippen LogP contribution in [0.2, 0.25) is 0 Å². The second kappa shape index (κ2) is 8.31. The zero-order valence-corrected chi connectivity index (χ0v) is 15.0. The molecular formula is C18H27N5O2. The molecular weight excluding hydrogens is 318 g/mol. The minimum atomic E-state index is -0.0398. The summed E-state index contributed by atoms with van der Waals surface area (Å²) in [4.78, 5) is 23.9. The summed E-state index contributed by atoms with van der Waals surface area (Å²) in [6.45, 7) is 3.48. The summed E-state index contributed by atoms with van der Waals surface area (Å²) in [5.74, 6) is 0. The van der Waals surface area contributed by atoms with Gasteiger partial charge in [0.1, 0.15) is 0 Å². The van der Waals surface area contributed by atoms with E-state index in [2.05, 4.69) is 20.2 Å². The zero-order chi connectivity index (χ0) is 17.6. The molecule has 1 atom stereocenters. The number of aromatic nitrogens is 2. The molecule has 2 N–H and O–H groups in total. The Balaban J connectivity index is 1.57. The number of fused-ring (bicyclic) bond motifs is 1. The van der Waals surface area contributed by atoms with Crippen LogP contribution in [0.3, 0.4) is 0 Å². The smallest absolute Gasteiger partial charge is 0.317 e. The molecule has 1 saturated heterocycles. The molecule has 1 aliphatic rings. The number of nitrogens with zero attached hydrogens (tertiary/aromatic N) is 3. The van der Waals surface area contributed by atoms with Crippen molar-refractivity contribution in [3.63, 3.8) is 0 Å². The van der Waals surface area contributed by atoms with E-state index < -0.39 is 0 Å². The number of benzene rings is 1. The number of aromatic amines is 1. The van der Waals surface area contributed by atoms with Crippen LogP contribution in [-0.2, 0) is 11.3 Å². The number of likely N-dealkylation sites (N-methyl/N-ethyl adjacent to an activating group) is 1. The van der Waals surface area contributed by atoms with Gasteiger partial charge in [-0.1, -0.05) is 6.07 Å². The molecule has 3 rings (SSSR count). The molecule has 1 unspecified atom stereocenters. The predicted octanol–water partition coefficient (Wildman–Crippen LogP) is 1.82. The van der Waals surface area contributed by atoms with Crippen molar-refractivity contribution in [2.24, 2.45) is 0 Å². The zero-order valence-electron chi connectivity index (χ0n) is 15.0. The van der Waals surface area contributed by atoms with Gasteiger partial charge in [0.15, 0.2) is 0 Å². The van der Waals surface area contributed by atoms with Crippen molar-refractivity contribution in [3.8, 4) is 0 Å². The summed E-state index contributed by atoms with van der Waals surface area (Å²) in [7, 11) is 4.03. The highest BCUT2D eigenvalue weighted by atomic mass is 16.5. The molecule has 136 valence electrons. The Morgan fingerprint density at radius 2 is 2.28 bits per heavy atom. The average Bonchev–Trinajstić information content (AvgIpc) is 3.27. The summed E-state index contributed by atoms with van der Waals surface area (Å²) < 4.78 is 5.70. The van der Waals surface area contributed by atoms with E-state index in [0.29, 0.717) is 19.6 Å².